The van der Waals surface area contributed by atoms with Crippen LogP contribution < -0.4 is 11.2 Å². The largest absolute Gasteiger partial charge is 0.330 e. The van der Waals surface area contributed by atoms with Gasteiger partial charge in [0.2, 0.25) is 10.0 Å². The van der Waals surface area contributed by atoms with Crippen LogP contribution in [0.2, 0.25) is 0 Å². The molecule has 9 heteroatoms. The summed E-state index contributed by atoms with van der Waals surface area (Å²) in [6, 6.07) is 0.0219. The average molecular weight is 342 g/mol. The van der Waals surface area contributed by atoms with Gasteiger partial charge in [0.25, 0.3) is 5.56 Å². The minimum Gasteiger partial charge on any atom is -0.302 e. The predicted octanol–water partition coefficient (Wildman–Crippen LogP) is -1.06. The lowest BCUT2D eigenvalue weighted by Gasteiger charge is -2.41. The summed E-state index contributed by atoms with van der Waals surface area (Å²) in [4.78, 5) is 26.1. The first kappa shape index (κ1) is 16.4. The fourth-order valence-electron chi connectivity index (χ4n) is 3.57. The molecule has 2 saturated heterocycles. The Morgan fingerprint density at radius 2 is 1.87 bits per heavy atom. The fraction of sp³-hybridized carbons (Fsp3) is 0.714. The van der Waals surface area contributed by atoms with Crippen LogP contribution in [-0.2, 0) is 24.1 Å². The smallest absolute Gasteiger partial charge is 0.302 e. The van der Waals surface area contributed by atoms with Crippen LogP contribution in [0.1, 0.15) is 19.8 Å². The summed E-state index contributed by atoms with van der Waals surface area (Å²) >= 11 is 0. The zero-order valence-electron chi connectivity index (χ0n) is 13.6. The van der Waals surface area contributed by atoms with Crippen LogP contribution in [0.15, 0.2) is 20.7 Å². The summed E-state index contributed by atoms with van der Waals surface area (Å²) in [5, 5.41) is 0. The van der Waals surface area contributed by atoms with E-state index in [4.69, 9.17) is 0 Å². The van der Waals surface area contributed by atoms with Gasteiger partial charge in [-0.05, 0) is 26.3 Å². The number of rotatable bonds is 2. The van der Waals surface area contributed by atoms with Crippen molar-refractivity contribution in [3.8, 4) is 0 Å². The Balaban J connectivity index is 2.05. The lowest BCUT2D eigenvalue weighted by Crippen LogP contribution is -2.57. The van der Waals surface area contributed by atoms with Crippen LogP contribution in [0.5, 0.6) is 0 Å². The molecule has 2 atom stereocenters. The van der Waals surface area contributed by atoms with Crippen molar-refractivity contribution < 1.29 is 8.42 Å². The van der Waals surface area contributed by atoms with Crippen LogP contribution in [-0.4, -0.2) is 58.5 Å². The number of nitrogens with zero attached hydrogens (tertiary/aromatic N) is 4. The Bertz CT molecular complexity index is 841. The Morgan fingerprint density at radius 1 is 1.17 bits per heavy atom. The highest BCUT2D eigenvalue weighted by molar-refractivity contribution is 7.89. The van der Waals surface area contributed by atoms with Crippen LogP contribution in [0.4, 0.5) is 0 Å². The molecule has 2 fully saturated rings. The van der Waals surface area contributed by atoms with Crippen molar-refractivity contribution in [1.29, 1.82) is 0 Å². The molecule has 0 saturated carbocycles. The lowest BCUT2D eigenvalue weighted by atomic mass is 10.1. The van der Waals surface area contributed by atoms with E-state index >= 15 is 0 Å². The van der Waals surface area contributed by atoms with Gasteiger partial charge in [0.05, 0.1) is 0 Å². The molecule has 0 radical (unpaired) electrons. The second-order valence-corrected chi connectivity index (χ2v) is 8.32. The molecule has 2 aliphatic heterocycles. The highest BCUT2D eigenvalue weighted by Crippen LogP contribution is 2.27. The number of hydrogen-bond acceptors (Lipinski definition) is 5. The molecule has 0 aromatic carbocycles. The van der Waals surface area contributed by atoms with Crippen molar-refractivity contribution in [1.82, 2.24) is 18.3 Å². The molecule has 0 spiro atoms. The SMILES string of the molecule is C[C@H]1CN2CCC[C@H]2CN1S(=O)(=O)c1cn(C)c(=O)n(C)c1=O. The van der Waals surface area contributed by atoms with E-state index in [0.717, 1.165) is 34.7 Å². The third-order valence-corrected chi connectivity index (χ3v) is 6.84. The molecule has 8 nitrogen and oxygen atoms in total. The van der Waals surface area contributed by atoms with Gasteiger partial charge in [-0.1, -0.05) is 0 Å². The van der Waals surface area contributed by atoms with Gasteiger partial charge in [0.15, 0.2) is 4.90 Å². The third-order valence-electron chi connectivity index (χ3n) is 4.88. The van der Waals surface area contributed by atoms with E-state index in [-0.39, 0.29) is 17.0 Å². The van der Waals surface area contributed by atoms with Gasteiger partial charge in [-0.2, -0.15) is 4.31 Å². The normalized spacial score (nSPS) is 26.4. The van der Waals surface area contributed by atoms with Crippen LogP contribution in [0, 0.1) is 0 Å². The number of fused-ring (bicyclic) bond motifs is 1. The van der Waals surface area contributed by atoms with Gasteiger partial charge in [0.1, 0.15) is 0 Å². The standard InChI is InChI=1S/C14H22N4O4S/c1-10-7-17-6-4-5-11(17)8-18(10)23(21,22)12-9-15(2)14(20)16(3)13(12)19/h9-11H,4-8H2,1-3H3/t10-,11-/m0/s1. The number of sulfonamides is 1. The Labute approximate surface area is 135 Å². The molecule has 1 aromatic heterocycles. The minimum absolute atomic E-state index is 0.198. The quantitative estimate of drug-likeness (QED) is 0.684. The van der Waals surface area contributed by atoms with Crippen LogP contribution in [0.25, 0.3) is 0 Å². The van der Waals surface area contributed by atoms with Gasteiger partial charge in [-0.3, -0.25) is 14.3 Å². The maximum Gasteiger partial charge on any atom is 0.330 e. The van der Waals surface area contributed by atoms with Crippen LogP contribution >= 0.6 is 0 Å². The summed E-state index contributed by atoms with van der Waals surface area (Å²) in [6.07, 6.45) is 3.19. The van der Waals surface area contributed by atoms with Crippen molar-refractivity contribution >= 4 is 10.0 Å². The molecule has 0 unspecified atom stereocenters. The molecule has 3 heterocycles. The van der Waals surface area contributed by atoms with E-state index in [9.17, 15) is 18.0 Å². The van der Waals surface area contributed by atoms with E-state index < -0.39 is 21.3 Å². The Morgan fingerprint density at radius 3 is 2.57 bits per heavy atom. The number of piperazine rings is 1. The van der Waals surface area contributed by atoms with Gasteiger partial charge < -0.3 is 4.57 Å². The lowest BCUT2D eigenvalue weighted by molar-refractivity contribution is 0.117. The second kappa shape index (κ2) is 5.57. The molecule has 1 aromatic rings. The summed E-state index contributed by atoms with van der Waals surface area (Å²) in [6.45, 7) is 3.94. The Hall–Kier alpha value is -1.45. The molecular formula is C14H22N4O4S. The second-order valence-electron chi connectivity index (χ2n) is 6.47. The fourth-order valence-corrected chi connectivity index (χ4v) is 5.38. The van der Waals surface area contributed by atoms with Crippen molar-refractivity contribution in [3.63, 3.8) is 0 Å². The first-order valence-electron chi connectivity index (χ1n) is 7.76. The molecule has 0 aliphatic carbocycles. The van der Waals surface area contributed by atoms with Gasteiger partial charge >= 0.3 is 5.69 Å². The zero-order valence-corrected chi connectivity index (χ0v) is 14.4. The number of aryl methyl sites for hydroxylation is 1. The maximum atomic E-state index is 13.0. The monoisotopic (exact) mass is 342 g/mol. The van der Waals surface area contributed by atoms with Crippen LogP contribution in [0.3, 0.4) is 0 Å². The summed E-state index contributed by atoms with van der Waals surface area (Å²) < 4.78 is 29.4. The maximum absolute atomic E-state index is 13.0. The average Bonchev–Trinajstić information content (AvgIpc) is 2.94. The summed E-state index contributed by atoms with van der Waals surface area (Å²) in [5.74, 6) is 0. The predicted molar refractivity (Wildman–Crippen MR) is 84.9 cm³/mol. The molecule has 2 aliphatic rings. The van der Waals surface area contributed by atoms with Gasteiger partial charge in [-0.25, -0.2) is 13.2 Å². The van der Waals surface area contributed by atoms with E-state index in [0.29, 0.717) is 13.1 Å². The molecule has 23 heavy (non-hydrogen) atoms. The molecule has 128 valence electrons. The number of hydrogen-bond donors (Lipinski definition) is 0. The van der Waals surface area contributed by atoms with E-state index in [2.05, 4.69) is 4.90 Å². The van der Waals surface area contributed by atoms with E-state index in [1.165, 1.54) is 18.4 Å². The van der Waals surface area contributed by atoms with Crippen molar-refractivity contribution in [2.75, 3.05) is 19.6 Å². The number of aromatic nitrogens is 2. The van der Waals surface area contributed by atoms with Crippen molar-refractivity contribution in [3.05, 3.63) is 27.0 Å². The van der Waals surface area contributed by atoms with E-state index in [1.807, 2.05) is 6.92 Å². The molecule has 3 rings (SSSR count). The first-order valence-corrected chi connectivity index (χ1v) is 9.20. The summed E-state index contributed by atoms with van der Waals surface area (Å²) in [7, 11) is -1.19. The van der Waals surface area contributed by atoms with Crippen molar-refractivity contribution in [2.45, 2.75) is 36.7 Å². The zero-order chi connectivity index (χ0) is 16.9. The molecule has 0 amide bonds. The topological polar surface area (TPSA) is 84.6 Å². The molecule has 0 N–H and O–H groups in total. The van der Waals surface area contributed by atoms with E-state index in [1.54, 1.807) is 0 Å². The highest BCUT2D eigenvalue weighted by Gasteiger charge is 2.41. The molecule has 0 bridgehead atoms. The third kappa shape index (κ3) is 2.56. The minimum atomic E-state index is -3.93. The van der Waals surface area contributed by atoms with Gasteiger partial charge in [-0.15, -0.1) is 0 Å². The van der Waals surface area contributed by atoms with Gasteiger partial charge in [0, 0.05) is 45.5 Å². The van der Waals surface area contributed by atoms with Crippen molar-refractivity contribution in [2.24, 2.45) is 14.1 Å². The summed E-state index contributed by atoms with van der Waals surface area (Å²) in [5.41, 5.74) is -1.31. The highest BCUT2D eigenvalue weighted by atomic mass is 32.2. The Kier molecular flexibility index (Phi) is 3.97. The molecular weight excluding hydrogens is 320 g/mol. The first-order chi connectivity index (χ1) is 10.7.